The van der Waals surface area contributed by atoms with E-state index in [-0.39, 0.29) is 6.10 Å². The van der Waals surface area contributed by atoms with Crippen molar-refractivity contribution in [3.63, 3.8) is 0 Å². The van der Waals surface area contributed by atoms with Crippen LogP contribution in [0, 0.1) is 5.92 Å². The van der Waals surface area contributed by atoms with Crippen molar-refractivity contribution >= 4 is 0 Å². The van der Waals surface area contributed by atoms with E-state index >= 15 is 0 Å². The van der Waals surface area contributed by atoms with Crippen LogP contribution in [0.15, 0.2) is 0 Å². The summed E-state index contributed by atoms with van der Waals surface area (Å²) in [5.41, 5.74) is 0. The lowest BCUT2D eigenvalue weighted by Gasteiger charge is -2.22. The van der Waals surface area contributed by atoms with Crippen molar-refractivity contribution in [2.24, 2.45) is 5.92 Å². The fourth-order valence-corrected chi connectivity index (χ4v) is 2.84. The Bertz CT molecular complexity index is 172. The highest BCUT2D eigenvalue weighted by atomic mass is 16.3. The highest BCUT2D eigenvalue weighted by Gasteiger charge is 2.26. The Morgan fingerprint density at radius 2 is 2.06 bits per heavy atom. The standard InChI is InChI=1S/C14H29NO/c1-3-5-8-12-9-6-10-14(12)15-11-13(16)7-4-2/h12-16H,3-11H2,1-2H3. The van der Waals surface area contributed by atoms with Crippen molar-refractivity contribution in [1.29, 1.82) is 0 Å². The predicted octanol–water partition coefficient (Wildman–Crippen LogP) is 3.10. The Morgan fingerprint density at radius 3 is 2.75 bits per heavy atom. The van der Waals surface area contributed by atoms with Crippen molar-refractivity contribution in [3.8, 4) is 0 Å². The maximum atomic E-state index is 9.71. The Labute approximate surface area is 101 Å². The zero-order valence-electron chi connectivity index (χ0n) is 11.0. The van der Waals surface area contributed by atoms with Gasteiger partial charge in [0.15, 0.2) is 0 Å². The van der Waals surface area contributed by atoms with E-state index in [4.69, 9.17) is 0 Å². The van der Waals surface area contributed by atoms with Crippen molar-refractivity contribution in [2.75, 3.05) is 6.54 Å². The molecule has 0 bridgehead atoms. The SMILES string of the molecule is CCCCC1CCCC1NCC(O)CCC. The topological polar surface area (TPSA) is 32.3 Å². The third-order valence-corrected chi connectivity index (χ3v) is 3.83. The molecule has 0 aromatic rings. The number of rotatable bonds is 8. The Balaban J connectivity index is 2.18. The smallest absolute Gasteiger partial charge is 0.0664 e. The Kier molecular flexibility index (Phi) is 7.06. The first-order valence-electron chi connectivity index (χ1n) is 7.19. The molecule has 0 heterocycles. The number of hydrogen-bond acceptors (Lipinski definition) is 2. The quantitative estimate of drug-likeness (QED) is 0.668. The number of hydrogen-bond donors (Lipinski definition) is 2. The molecule has 2 N–H and O–H groups in total. The van der Waals surface area contributed by atoms with Crippen LogP contribution in [0.5, 0.6) is 0 Å². The highest BCUT2D eigenvalue weighted by Crippen LogP contribution is 2.29. The van der Waals surface area contributed by atoms with Crippen LogP contribution in [0.1, 0.15) is 65.2 Å². The molecule has 2 heteroatoms. The molecular formula is C14H29NO. The minimum atomic E-state index is -0.141. The molecular weight excluding hydrogens is 198 g/mol. The van der Waals surface area contributed by atoms with Crippen molar-refractivity contribution in [3.05, 3.63) is 0 Å². The summed E-state index contributed by atoms with van der Waals surface area (Å²) >= 11 is 0. The van der Waals surface area contributed by atoms with Crippen molar-refractivity contribution in [1.82, 2.24) is 5.32 Å². The van der Waals surface area contributed by atoms with Crippen LogP contribution in [-0.4, -0.2) is 23.8 Å². The van der Waals surface area contributed by atoms with Gasteiger partial charge in [0.05, 0.1) is 6.10 Å². The largest absolute Gasteiger partial charge is 0.392 e. The van der Waals surface area contributed by atoms with Gasteiger partial charge in [-0.2, -0.15) is 0 Å². The molecule has 96 valence electrons. The second kappa shape index (κ2) is 8.08. The van der Waals surface area contributed by atoms with E-state index in [9.17, 15) is 5.11 Å². The van der Waals surface area contributed by atoms with Crippen LogP contribution in [0.2, 0.25) is 0 Å². The second-order valence-electron chi connectivity index (χ2n) is 5.29. The Hall–Kier alpha value is -0.0800. The number of nitrogens with one attached hydrogen (secondary N) is 1. The van der Waals surface area contributed by atoms with Gasteiger partial charge in [-0.15, -0.1) is 0 Å². The maximum absolute atomic E-state index is 9.71. The van der Waals surface area contributed by atoms with Crippen LogP contribution in [0.3, 0.4) is 0 Å². The summed E-state index contributed by atoms with van der Waals surface area (Å²) in [4.78, 5) is 0. The molecule has 3 atom stereocenters. The van der Waals surface area contributed by atoms with Gasteiger partial charge in [0.1, 0.15) is 0 Å². The molecule has 1 aliphatic carbocycles. The van der Waals surface area contributed by atoms with E-state index in [1.807, 2.05) is 0 Å². The molecule has 0 aliphatic heterocycles. The van der Waals surface area contributed by atoms with Crippen LogP contribution in [-0.2, 0) is 0 Å². The van der Waals surface area contributed by atoms with Gasteiger partial charge in [-0.1, -0.05) is 39.5 Å². The fraction of sp³-hybridized carbons (Fsp3) is 1.00. The molecule has 0 amide bonds. The van der Waals surface area contributed by atoms with E-state index < -0.39 is 0 Å². The summed E-state index contributed by atoms with van der Waals surface area (Å²) in [6, 6.07) is 0.679. The van der Waals surface area contributed by atoms with Crippen LogP contribution < -0.4 is 5.32 Å². The second-order valence-corrected chi connectivity index (χ2v) is 5.29. The van der Waals surface area contributed by atoms with Gasteiger partial charge in [-0.3, -0.25) is 0 Å². The van der Waals surface area contributed by atoms with E-state index in [0.717, 1.165) is 25.3 Å². The van der Waals surface area contributed by atoms with Crippen molar-refractivity contribution < 1.29 is 5.11 Å². The minimum Gasteiger partial charge on any atom is -0.392 e. The fourth-order valence-electron chi connectivity index (χ4n) is 2.84. The van der Waals surface area contributed by atoms with Gasteiger partial charge < -0.3 is 10.4 Å². The summed E-state index contributed by atoms with van der Waals surface area (Å²) in [5, 5.41) is 13.3. The first-order chi connectivity index (χ1) is 7.77. The summed E-state index contributed by atoms with van der Waals surface area (Å²) < 4.78 is 0. The average molecular weight is 227 g/mol. The molecule has 2 nitrogen and oxygen atoms in total. The molecule has 3 unspecified atom stereocenters. The lowest BCUT2D eigenvalue weighted by molar-refractivity contribution is 0.152. The van der Waals surface area contributed by atoms with Gasteiger partial charge in [0.2, 0.25) is 0 Å². The number of aliphatic hydroxyl groups is 1. The van der Waals surface area contributed by atoms with E-state index in [2.05, 4.69) is 19.2 Å². The van der Waals surface area contributed by atoms with Crippen LogP contribution >= 0.6 is 0 Å². The average Bonchev–Trinajstić information content (AvgIpc) is 2.71. The summed E-state index contributed by atoms with van der Waals surface area (Å²) in [6.07, 6.45) is 9.98. The van der Waals surface area contributed by atoms with Gasteiger partial charge >= 0.3 is 0 Å². The van der Waals surface area contributed by atoms with E-state index in [1.165, 1.54) is 38.5 Å². The van der Waals surface area contributed by atoms with Crippen LogP contribution in [0.25, 0.3) is 0 Å². The monoisotopic (exact) mass is 227 g/mol. The molecule has 1 saturated carbocycles. The minimum absolute atomic E-state index is 0.141. The van der Waals surface area contributed by atoms with Crippen LogP contribution in [0.4, 0.5) is 0 Å². The molecule has 0 saturated heterocycles. The Morgan fingerprint density at radius 1 is 1.25 bits per heavy atom. The normalized spacial score (nSPS) is 27.2. The maximum Gasteiger partial charge on any atom is 0.0664 e. The lowest BCUT2D eigenvalue weighted by atomic mass is 9.96. The number of unbranched alkanes of at least 4 members (excludes halogenated alkanes) is 1. The number of aliphatic hydroxyl groups excluding tert-OH is 1. The molecule has 0 aromatic carbocycles. The van der Waals surface area contributed by atoms with Crippen molar-refractivity contribution in [2.45, 2.75) is 77.4 Å². The molecule has 0 radical (unpaired) electrons. The first kappa shape index (κ1) is 14.0. The highest BCUT2D eigenvalue weighted by molar-refractivity contribution is 4.83. The zero-order chi connectivity index (χ0) is 11.8. The third kappa shape index (κ3) is 4.84. The van der Waals surface area contributed by atoms with Gasteiger partial charge in [-0.25, -0.2) is 0 Å². The van der Waals surface area contributed by atoms with E-state index in [1.54, 1.807) is 0 Å². The summed E-state index contributed by atoms with van der Waals surface area (Å²) in [6.45, 7) is 5.19. The zero-order valence-corrected chi connectivity index (χ0v) is 11.0. The molecule has 0 aromatic heterocycles. The molecule has 1 rings (SSSR count). The van der Waals surface area contributed by atoms with Gasteiger partial charge in [0.25, 0.3) is 0 Å². The summed E-state index contributed by atoms with van der Waals surface area (Å²) in [7, 11) is 0. The van der Waals surface area contributed by atoms with Gasteiger partial charge in [0, 0.05) is 12.6 Å². The molecule has 16 heavy (non-hydrogen) atoms. The van der Waals surface area contributed by atoms with Gasteiger partial charge in [-0.05, 0) is 31.6 Å². The summed E-state index contributed by atoms with van der Waals surface area (Å²) in [5.74, 6) is 0.869. The third-order valence-electron chi connectivity index (χ3n) is 3.83. The molecule has 1 aliphatic rings. The lowest BCUT2D eigenvalue weighted by Crippen LogP contribution is -2.37. The molecule has 0 spiro atoms. The van der Waals surface area contributed by atoms with E-state index in [0.29, 0.717) is 6.04 Å². The first-order valence-corrected chi connectivity index (χ1v) is 7.19. The molecule has 1 fully saturated rings. The predicted molar refractivity (Wildman–Crippen MR) is 69.6 cm³/mol.